The minimum absolute atomic E-state index is 0.0570. The van der Waals surface area contributed by atoms with Gasteiger partial charge in [0.15, 0.2) is 0 Å². The zero-order valence-corrected chi connectivity index (χ0v) is 20.1. The van der Waals surface area contributed by atoms with Gasteiger partial charge in [-0.3, -0.25) is 9.78 Å². The summed E-state index contributed by atoms with van der Waals surface area (Å²) in [5, 5.41) is 11.7. The van der Waals surface area contributed by atoms with E-state index in [0.717, 1.165) is 37.8 Å². The van der Waals surface area contributed by atoms with Crippen LogP contribution in [-0.2, 0) is 15.1 Å². The molecule has 0 spiro atoms. The van der Waals surface area contributed by atoms with Crippen LogP contribution >= 0.6 is 0 Å². The Balaban J connectivity index is 1.40. The molecule has 0 unspecified atom stereocenters. The lowest BCUT2D eigenvalue weighted by molar-refractivity contribution is -0.149. The second kappa shape index (κ2) is 7.68. The highest BCUT2D eigenvalue weighted by molar-refractivity contribution is 5.66. The number of hydrogen-bond acceptors (Lipinski definition) is 4. The molecule has 3 fully saturated rings. The van der Waals surface area contributed by atoms with E-state index in [-0.39, 0.29) is 28.8 Å². The summed E-state index contributed by atoms with van der Waals surface area (Å²) in [5.41, 5.74) is 1.85. The van der Waals surface area contributed by atoms with Crippen molar-refractivity contribution < 1.29 is 14.6 Å². The molecule has 1 N–H and O–H groups in total. The minimum atomic E-state index is -0.890. The smallest absolute Gasteiger partial charge is 0.302 e. The Kier molecular flexibility index (Phi) is 5.31. The largest absolute Gasteiger partial charge is 0.462 e. The number of aliphatic hydroxyl groups is 1. The highest BCUT2D eigenvalue weighted by atomic mass is 16.5. The number of esters is 1. The molecule has 0 bridgehead atoms. The van der Waals surface area contributed by atoms with Gasteiger partial charge in [0.1, 0.15) is 11.7 Å². The Hall–Kier alpha value is -1.68. The molecule has 1 aromatic heterocycles. The van der Waals surface area contributed by atoms with E-state index in [9.17, 15) is 9.90 Å². The molecule has 0 aliphatic heterocycles. The zero-order chi connectivity index (χ0) is 22.7. The predicted molar refractivity (Wildman–Crippen MR) is 125 cm³/mol. The molecule has 8 atom stereocenters. The maximum Gasteiger partial charge on any atom is 0.302 e. The molecule has 5 rings (SSSR count). The summed E-state index contributed by atoms with van der Waals surface area (Å²) in [6.07, 6.45) is 13.2. The average Bonchev–Trinajstić information content (AvgIpc) is 3.12. The van der Waals surface area contributed by atoms with Crippen LogP contribution in [0.1, 0.15) is 84.8 Å². The van der Waals surface area contributed by atoms with Gasteiger partial charge < -0.3 is 9.84 Å². The molecular weight excluding hydrogens is 398 g/mol. The van der Waals surface area contributed by atoms with E-state index in [4.69, 9.17) is 4.74 Å². The van der Waals surface area contributed by atoms with E-state index >= 15 is 0 Å². The van der Waals surface area contributed by atoms with Crippen molar-refractivity contribution in [2.45, 2.75) is 90.8 Å². The number of hydrogen-bond donors (Lipinski definition) is 1. The van der Waals surface area contributed by atoms with Gasteiger partial charge in [-0.2, -0.15) is 0 Å². The maximum atomic E-state index is 11.7. The molecule has 1 heterocycles. The van der Waals surface area contributed by atoms with Crippen molar-refractivity contribution >= 4 is 5.97 Å². The maximum absolute atomic E-state index is 11.7. The first-order valence-electron chi connectivity index (χ1n) is 12.7. The van der Waals surface area contributed by atoms with E-state index < -0.39 is 5.60 Å². The third-order valence-electron chi connectivity index (χ3n) is 10.3. The van der Waals surface area contributed by atoms with Crippen LogP contribution in [0.25, 0.3) is 0 Å². The molecule has 32 heavy (non-hydrogen) atoms. The molecule has 4 aliphatic rings. The molecule has 0 aromatic carbocycles. The summed E-state index contributed by atoms with van der Waals surface area (Å²) in [4.78, 5) is 16.0. The lowest BCUT2D eigenvalue weighted by Crippen LogP contribution is -2.52. The molecule has 1 aromatic rings. The summed E-state index contributed by atoms with van der Waals surface area (Å²) in [5.74, 6) is 2.14. The van der Waals surface area contributed by atoms with Gasteiger partial charge in [0.2, 0.25) is 0 Å². The number of carbonyl (C=O) groups is 1. The minimum Gasteiger partial charge on any atom is -0.462 e. The number of aromatic nitrogens is 1. The van der Waals surface area contributed by atoms with Crippen molar-refractivity contribution in [3.63, 3.8) is 0 Å². The molecule has 174 valence electrons. The number of pyridine rings is 1. The monoisotopic (exact) mass is 437 g/mol. The number of nitrogens with zero attached hydrogens (tertiary/aromatic N) is 1. The Morgan fingerprint density at radius 2 is 1.97 bits per heavy atom. The van der Waals surface area contributed by atoms with Gasteiger partial charge in [0.05, 0.1) is 5.69 Å². The lowest BCUT2D eigenvalue weighted by atomic mass is 9.46. The van der Waals surface area contributed by atoms with E-state index in [1.807, 2.05) is 25.1 Å². The number of fused-ring (bicyclic) bond motifs is 5. The van der Waals surface area contributed by atoms with Crippen molar-refractivity contribution in [2.75, 3.05) is 0 Å². The van der Waals surface area contributed by atoms with E-state index in [1.54, 1.807) is 6.20 Å². The Morgan fingerprint density at radius 1 is 1.16 bits per heavy atom. The van der Waals surface area contributed by atoms with Crippen LogP contribution < -0.4 is 0 Å². The topological polar surface area (TPSA) is 59.4 Å². The highest BCUT2D eigenvalue weighted by Gasteiger charge is 2.61. The van der Waals surface area contributed by atoms with Gasteiger partial charge in [-0.15, -0.1) is 0 Å². The van der Waals surface area contributed by atoms with Crippen LogP contribution in [-0.4, -0.2) is 22.2 Å². The van der Waals surface area contributed by atoms with Crippen molar-refractivity contribution in [2.24, 2.45) is 34.5 Å². The molecular formula is C28H39NO3. The Morgan fingerprint density at radius 3 is 2.69 bits per heavy atom. The average molecular weight is 438 g/mol. The summed E-state index contributed by atoms with van der Waals surface area (Å²) in [6.45, 7) is 8.47. The first kappa shape index (κ1) is 22.1. The number of ether oxygens (including phenoxy) is 1. The van der Waals surface area contributed by atoms with E-state index in [1.165, 1.54) is 31.8 Å². The Bertz CT molecular complexity index is 909. The van der Waals surface area contributed by atoms with Gasteiger partial charge in [-0.05, 0) is 98.5 Å². The second-order valence-electron chi connectivity index (χ2n) is 11.8. The normalized spacial score (nSPS) is 42.7. The summed E-state index contributed by atoms with van der Waals surface area (Å²) in [6, 6.07) is 5.90. The molecule has 4 nitrogen and oxygen atoms in total. The van der Waals surface area contributed by atoms with Crippen LogP contribution in [0.15, 0.2) is 36.0 Å². The molecule has 4 aliphatic carbocycles. The molecule has 0 saturated heterocycles. The van der Waals surface area contributed by atoms with Gasteiger partial charge in [0.25, 0.3) is 0 Å². The first-order valence-corrected chi connectivity index (χ1v) is 12.7. The molecule has 0 radical (unpaired) electrons. The summed E-state index contributed by atoms with van der Waals surface area (Å²) in [7, 11) is 0. The quantitative estimate of drug-likeness (QED) is 0.480. The number of carbonyl (C=O) groups excluding carboxylic acids is 1. The first-order chi connectivity index (χ1) is 15.2. The van der Waals surface area contributed by atoms with E-state index in [2.05, 4.69) is 24.9 Å². The second-order valence-corrected chi connectivity index (χ2v) is 11.8. The van der Waals surface area contributed by atoms with Crippen molar-refractivity contribution in [3.05, 3.63) is 41.7 Å². The summed E-state index contributed by atoms with van der Waals surface area (Å²) < 4.78 is 5.59. The summed E-state index contributed by atoms with van der Waals surface area (Å²) >= 11 is 0. The van der Waals surface area contributed by atoms with Crippen LogP contribution in [0.5, 0.6) is 0 Å². The third-order valence-corrected chi connectivity index (χ3v) is 10.3. The fourth-order valence-corrected chi connectivity index (χ4v) is 8.73. The molecule has 3 saturated carbocycles. The van der Waals surface area contributed by atoms with Crippen LogP contribution in [0.3, 0.4) is 0 Å². The predicted octanol–water partition coefficient (Wildman–Crippen LogP) is 5.80. The van der Waals surface area contributed by atoms with Crippen molar-refractivity contribution in [3.8, 4) is 0 Å². The van der Waals surface area contributed by atoms with Crippen molar-refractivity contribution in [1.29, 1.82) is 0 Å². The van der Waals surface area contributed by atoms with Crippen molar-refractivity contribution in [1.82, 2.24) is 4.98 Å². The van der Waals surface area contributed by atoms with Crippen LogP contribution in [0.2, 0.25) is 0 Å². The zero-order valence-electron chi connectivity index (χ0n) is 20.1. The van der Waals surface area contributed by atoms with Gasteiger partial charge in [0, 0.05) is 19.5 Å². The lowest BCUT2D eigenvalue weighted by Gasteiger charge is -2.59. The van der Waals surface area contributed by atoms with Gasteiger partial charge >= 0.3 is 5.97 Å². The third kappa shape index (κ3) is 3.28. The van der Waals surface area contributed by atoms with E-state index in [0.29, 0.717) is 17.8 Å². The van der Waals surface area contributed by atoms with Crippen LogP contribution in [0.4, 0.5) is 0 Å². The van der Waals surface area contributed by atoms with Gasteiger partial charge in [-0.25, -0.2) is 0 Å². The fraction of sp³-hybridized carbons (Fsp3) is 0.714. The number of allylic oxidation sites excluding steroid dienone is 1. The molecule has 0 amide bonds. The fourth-order valence-electron chi connectivity index (χ4n) is 8.73. The number of rotatable bonds is 3. The standard InChI is InChI=1S/C28H39NO3/c1-18(30)32-20-12-14-26(2)19(17-20)8-9-21-22-10-11-24(27(22,3)15-13-23(21)26)28(4,31)25-7-5-6-16-29-25/h5-8,16,20-24,31H,9-15,17H2,1-4H3/t20-,21-,22-,23-,24-,26-,27-,28+/m0/s1. The van der Waals surface area contributed by atoms with Gasteiger partial charge in [-0.1, -0.05) is 31.6 Å². The van der Waals surface area contributed by atoms with Crippen LogP contribution in [0, 0.1) is 34.5 Å². The molecule has 4 heteroatoms. The highest BCUT2D eigenvalue weighted by Crippen LogP contribution is 2.68. The SMILES string of the molecule is CC(=O)O[C@H]1CC[C@@]2(C)C(=CC[C@H]3[C@@H]4CC[C@H]([C@@](C)(O)c5ccccn5)[C@@]4(C)CC[C@@H]32)C1. The Labute approximate surface area is 192 Å².